The Morgan fingerprint density at radius 3 is 2.39 bits per heavy atom. The van der Waals surface area contributed by atoms with Gasteiger partial charge < -0.3 is 5.32 Å². The van der Waals surface area contributed by atoms with Crippen molar-refractivity contribution in [1.29, 1.82) is 0 Å². The van der Waals surface area contributed by atoms with Crippen molar-refractivity contribution in [3.8, 4) is 0 Å². The molecule has 0 unspecified atom stereocenters. The summed E-state index contributed by atoms with van der Waals surface area (Å²) in [5.74, 6) is -0.709. The van der Waals surface area contributed by atoms with Crippen molar-refractivity contribution < 1.29 is 17.6 Å². The summed E-state index contributed by atoms with van der Waals surface area (Å²) in [4.78, 5) is 12.2. The van der Waals surface area contributed by atoms with E-state index in [9.17, 15) is 17.6 Å². The smallest absolute Gasteiger partial charge is 0.244 e. The van der Waals surface area contributed by atoms with Gasteiger partial charge in [0.1, 0.15) is 5.82 Å². The van der Waals surface area contributed by atoms with Crippen LogP contribution in [0.1, 0.15) is 25.0 Å². The number of amides is 1. The third kappa shape index (κ3) is 5.73. The van der Waals surface area contributed by atoms with Crippen LogP contribution in [-0.4, -0.2) is 31.7 Å². The largest absolute Gasteiger partial charge is 0.348 e. The van der Waals surface area contributed by atoms with E-state index in [0.29, 0.717) is 28.7 Å². The van der Waals surface area contributed by atoms with Crippen LogP contribution in [0.15, 0.2) is 57.9 Å². The predicted molar refractivity (Wildman–Crippen MR) is 112 cm³/mol. The van der Waals surface area contributed by atoms with Crippen LogP contribution >= 0.6 is 15.9 Å². The van der Waals surface area contributed by atoms with Gasteiger partial charge in [-0.15, -0.1) is 0 Å². The van der Waals surface area contributed by atoms with Crippen LogP contribution in [0.3, 0.4) is 0 Å². The Hall–Kier alpha value is -2.03. The molecule has 0 aliphatic rings. The summed E-state index contributed by atoms with van der Waals surface area (Å²) in [7, 11) is -3.50. The first-order chi connectivity index (χ1) is 13.3. The average Bonchev–Trinajstić information content (AvgIpc) is 2.68. The molecule has 0 radical (unpaired) electrons. The predicted octanol–water partition coefficient (Wildman–Crippen LogP) is 3.95. The van der Waals surface area contributed by atoms with E-state index in [-0.39, 0.29) is 23.2 Å². The van der Waals surface area contributed by atoms with Gasteiger partial charge in [0.25, 0.3) is 0 Å². The molecule has 1 N–H and O–H groups in total. The van der Waals surface area contributed by atoms with Gasteiger partial charge in [-0.1, -0.05) is 41.9 Å². The molecule has 2 aromatic carbocycles. The normalized spacial score (nSPS) is 11.9. The summed E-state index contributed by atoms with van der Waals surface area (Å²) in [5, 5.41) is 2.68. The molecule has 1 amide bonds. The van der Waals surface area contributed by atoms with E-state index in [0.717, 1.165) is 0 Å². The first kappa shape index (κ1) is 22.3. The SMILES string of the molecule is CCN(CC)S(=O)(=O)c1ccc(/C=C/C(=O)NCc2cc(F)ccc2Br)cc1. The molecule has 0 atom stereocenters. The summed E-state index contributed by atoms with van der Waals surface area (Å²) in [6.45, 7) is 4.57. The molecule has 0 saturated carbocycles. The summed E-state index contributed by atoms with van der Waals surface area (Å²) in [5.41, 5.74) is 1.33. The Labute approximate surface area is 173 Å². The van der Waals surface area contributed by atoms with E-state index < -0.39 is 10.0 Å². The van der Waals surface area contributed by atoms with Gasteiger partial charge >= 0.3 is 0 Å². The Balaban J connectivity index is 2.00. The zero-order valence-electron chi connectivity index (χ0n) is 15.7. The van der Waals surface area contributed by atoms with Crippen molar-refractivity contribution in [3.63, 3.8) is 0 Å². The average molecular weight is 469 g/mol. The second-order valence-electron chi connectivity index (χ2n) is 5.95. The Morgan fingerprint density at radius 2 is 1.79 bits per heavy atom. The number of rotatable bonds is 8. The molecule has 0 aliphatic carbocycles. The minimum Gasteiger partial charge on any atom is -0.348 e. The third-order valence-electron chi connectivity index (χ3n) is 4.11. The van der Waals surface area contributed by atoms with Crippen molar-refractivity contribution in [2.45, 2.75) is 25.3 Å². The molecule has 0 spiro atoms. The summed E-state index contributed by atoms with van der Waals surface area (Å²) in [6.07, 6.45) is 2.94. The van der Waals surface area contributed by atoms with Crippen LogP contribution in [0, 0.1) is 5.82 Å². The molecule has 2 aromatic rings. The van der Waals surface area contributed by atoms with Crippen LogP contribution in [0.2, 0.25) is 0 Å². The van der Waals surface area contributed by atoms with Crippen LogP contribution in [0.4, 0.5) is 4.39 Å². The quantitative estimate of drug-likeness (QED) is 0.596. The maximum Gasteiger partial charge on any atom is 0.244 e. The number of carbonyl (C=O) groups is 1. The molecule has 0 bridgehead atoms. The fourth-order valence-corrected chi connectivity index (χ4v) is 4.40. The number of hydrogen-bond acceptors (Lipinski definition) is 3. The molecular weight excluding hydrogens is 447 g/mol. The zero-order chi connectivity index (χ0) is 20.7. The molecule has 0 saturated heterocycles. The molecular formula is C20H22BrFN2O3S. The standard InChI is InChI=1S/C20H22BrFN2O3S/c1-3-24(4-2)28(26,27)18-9-5-15(6-10-18)7-12-20(25)23-14-16-13-17(22)8-11-19(16)21/h5-13H,3-4,14H2,1-2H3,(H,23,25)/b12-7+. The van der Waals surface area contributed by atoms with Crippen molar-refractivity contribution in [2.75, 3.05) is 13.1 Å². The van der Waals surface area contributed by atoms with E-state index in [1.807, 2.05) is 0 Å². The number of nitrogens with one attached hydrogen (secondary N) is 1. The maximum atomic E-state index is 13.3. The van der Waals surface area contributed by atoms with Crippen molar-refractivity contribution in [2.24, 2.45) is 0 Å². The molecule has 0 aliphatic heterocycles. The number of benzene rings is 2. The van der Waals surface area contributed by atoms with Gasteiger partial charge in [-0.05, 0) is 47.5 Å². The van der Waals surface area contributed by atoms with Gasteiger partial charge in [-0.25, -0.2) is 12.8 Å². The first-order valence-electron chi connectivity index (χ1n) is 8.78. The number of halogens is 2. The Kier molecular flexibility index (Phi) is 7.91. The molecule has 0 aromatic heterocycles. The maximum absolute atomic E-state index is 13.3. The lowest BCUT2D eigenvalue weighted by Gasteiger charge is -2.18. The van der Waals surface area contributed by atoms with Crippen LogP contribution in [0.5, 0.6) is 0 Å². The molecule has 28 heavy (non-hydrogen) atoms. The van der Waals surface area contributed by atoms with E-state index in [1.165, 1.54) is 34.6 Å². The topological polar surface area (TPSA) is 66.5 Å². The zero-order valence-corrected chi connectivity index (χ0v) is 18.1. The highest BCUT2D eigenvalue weighted by atomic mass is 79.9. The van der Waals surface area contributed by atoms with E-state index in [1.54, 1.807) is 38.1 Å². The number of hydrogen-bond donors (Lipinski definition) is 1. The highest BCUT2D eigenvalue weighted by Crippen LogP contribution is 2.18. The molecule has 0 heterocycles. The number of sulfonamides is 1. The van der Waals surface area contributed by atoms with Gasteiger partial charge in [-0.2, -0.15) is 4.31 Å². The summed E-state index contributed by atoms with van der Waals surface area (Å²) >= 11 is 3.31. The number of carbonyl (C=O) groups excluding carboxylic acids is 1. The van der Waals surface area contributed by atoms with Crippen molar-refractivity contribution in [1.82, 2.24) is 9.62 Å². The van der Waals surface area contributed by atoms with Gasteiger partial charge in [0.15, 0.2) is 0 Å². The molecule has 2 rings (SSSR count). The lowest BCUT2D eigenvalue weighted by molar-refractivity contribution is -0.116. The Bertz CT molecular complexity index is 956. The van der Waals surface area contributed by atoms with Gasteiger partial charge in [-0.3, -0.25) is 4.79 Å². The van der Waals surface area contributed by atoms with E-state index in [4.69, 9.17) is 0 Å². The molecule has 8 heteroatoms. The van der Waals surface area contributed by atoms with Crippen molar-refractivity contribution in [3.05, 3.63) is 70.0 Å². The second kappa shape index (κ2) is 9.95. The molecule has 150 valence electrons. The number of nitrogens with zero attached hydrogens (tertiary/aromatic N) is 1. The minimum atomic E-state index is -3.50. The lowest BCUT2D eigenvalue weighted by atomic mass is 10.2. The van der Waals surface area contributed by atoms with E-state index in [2.05, 4.69) is 21.2 Å². The minimum absolute atomic E-state index is 0.183. The van der Waals surface area contributed by atoms with Gasteiger partial charge in [0, 0.05) is 30.2 Å². The van der Waals surface area contributed by atoms with Crippen LogP contribution in [0.25, 0.3) is 6.08 Å². The molecule has 5 nitrogen and oxygen atoms in total. The fourth-order valence-electron chi connectivity index (χ4n) is 2.56. The second-order valence-corrected chi connectivity index (χ2v) is 8.74. The van der Waals surface area contributed by atoms with Crippen LogP contribution < -0.4 is 5.32 Å². The van der Waals surface area contributed by atoms with E-state index >= 15 is 0 Å². The highest BCUT2D eigenvalue weighted by molar-refractivity contribution is 9.10. The highest BCUT2D eigenvalue weighted by Gasteiger charge is 2.20. The van der Waals surface area contributed by atoms with Gasteiger partial charge in [0.2, 0.25) is 15.9 Å². The summed E-state index contributed by atoms with van der Waals surface area (Å²) in [6, 6.07) is 10.6. The third-order valence-corrected chi connectivity index (χ3v) is 6.95. The monoisotopic (exact) mass is 468 g/mol. The Morgan fingerprint density at radius 1 is 1.14 bits per heavy atom. The fraction of sp³-hybridized carbons (Fsp3) is 0.250. The first-order valence-corrected chi connectivity index (χ1v) is 11.0. The van der Waals surface area contributed by atoms with Gasteiger partial charge in [0.05, 0.1) is 4.90 Å². The van der Waals surface area contributed by atoms with Crippen LogP contribution in [-0.2, 0) is 21.4 Å². The summed E-state index contributed by atoms with van der Waals surface area (Å²) < 4.78 is 40.3. The molecule has 0 fully saturated rings. The lowest BCUT2D eigenvalue weighted by Crippen LogP contribution is -2.30. The van der Waals surface area contributed by atoms with Crippen molar-refractivity contribution >= 4 is 37.9 Å².